The van der Waals surface area contributed by atoms with Crippen LogP contribution in [0.3, 0.4) is 0 Å². The Morgan fingerprint density at radius 2 is 1.89 bits per heavy atom. The summed E-state index contributed by atoms with van der Waals surface area (Å²) >= 11 is 0. The second kappa shape index (κ2) is 8.28. The molecule has 0 aliphatic heterocycles. The van der Waals surface area contributed by atoms with Crippen LogP contribution in [0.4, 0.5) is 11.4 Å². The molecule has 2 heterocycles. The first kappa shape index (κ1) is 21.2. The first-order valence-electron chi connectivity index (χ1n) is 8.94. The van der Waals surface area contributed by atoms with Gasteiger partial charge in [0.2, 0.25) is 0 Å². The van der Waals surface area contributed by atoms with Gasteiger partial charge in [-0.3, -0.25) is 14.2 Å². The quantitative estimate of drug-likeness (QED) is 0.721. The van der Waals surface area contributed by atoms with Gasteiger partial charge in [-0.1, -0.05) is 0 Å². The lowest BCUT2D eigenvalue weighted by Gasteiger charge is -2.21. The number of carbonyl (C=O) groups excluding carboxylic acids is 2. The predicted octanol–water partition coefficient (Wildman–Crippen LogP) is 2.00. The van der Waals surface area contributed by atoms with Gasteiger partial charge in [-0.2, -0.15) is 0 Å². The number of carbonyl (C=O) groups is 2. The number of aromatic nitrogens is 2. The van der Waals surface area contributed by atoms with E-state index in [4.69, 9.17) is 9.47 Å². The van der Waals surface area contributed by atoms with E-state index in [1.54, 1.807) is 48.0 Å². The highest BCUT2D eigenvalue weighted by Gasteiger charge is 2.23. The lowest BCUT2D eigenvalue weighted by molar-refractivity contribution is -0.155. The average Bonchev–Trinajstić information content (AvgIpc) is 2.61. The van der Waals surface area contributed by atoms with Crippen LogP contribution < -0.4 is 16.2 Å². The van der Waals surface area contributed by atoms with Crippen molar-refractivity contribution in [2.45, 2.75) is 39.8 Å². The van der Waals surface area contributed by atoms with E-state index in [-0.39, 0.29) is 24.4 Å². The molecule has 9 nitrogen and oxygen atoms in total. The van der Waals surface area contributed by atoms with Crippen molar-refractivity contribution in [2.24, 2.45) is 0 Å². The lowest BCUT2D eigenvalue weighted by Crippen LogP contribution is -2.33. The summed E-state index contributed by atoms with van der Waals surface area (Å²) in [5.74, 6) is -1.37. The molecule has 0 bridgehead atoms. The van der Waals surface area contributed by atoms with Gasteiger partial charge in [-0.05, 0) is 33.8 Å². The second-order valence-corrected chi connectivity index (χ2v) is 7.04. The van der Waals surface area contributed by atoms with Crippen LogP contribution in [0.2, 0.25) is 0 Å². The molecular weight excluding hydrogens is 364 g/mol. The minimum absolute atomic E-state index is 0.121. The van der Waals surface area contributed by atoms with E-state index in [1.165, 1.54) is 6.07 Å². The van der Waals surface area contributed by atoms with Crippen molar-refractivity contribution in [2.75, 3.05) is 31.3 Å². The molecule has 2 aromatic rings. The Morgan fingerprint density at radius 3 is 2.43 bits per heavy atom. The zero-order valence-electron chi connectivity index (χ0n) is 17.0. The molecule has 0 unspecified atom stereocenters. The Morgan fingerprint density at radius 1 is 1.21 bits per heavy atom. The number of esters is 2. The summed E-state index contributed by atoms with van der Waals surface area (Å²) in [4.78, 5) is 41.9. The molecule has 2 rings (SSSR count). The molecule has 2 aromatic heterocycles. The van der Waals surface area contributed by atoms with Crippen LogP contribution in [0.15, 0.2) is 17.1 Å². The zero-order valence-corrected chi connectivity index (χ0v) is 17.0. The molecule has 0 saturated heterocycles. The van der Waals surface area contributed by atoms with Crippen LogP contribution in [0.1, 0.15) is 38.1 Å². The smallest absolute Gasteiger partial charge is 0.343 e. The first-order valence-corrected chi connectivity index (χ1v) is 8.94. The van der Waals surface area contributed by atoms with Crippen molar-refractivity contribution >= 4 is 34.3 Å². The topological polar surface area (TPSA) is 112 Å². The molecule has 0 atom stereocenters. The molecule has 28 heavy (non-hydrogen) atoms. The van der Waals surface area contributed by atoms with E-state index in [0.29, 0.717) is 16.8 Å². The largest absolute Gasteiger partial charge is 0.462 e. The molecule has 0 spiro atoms. The summed E-state index contributed by atoms with van der Waals surface area (Å²) in [7, 11) is 3.44. The number of fused-ring (bicyclic) bond motifs is 1. The normalized spacial score (nSPS) is 11.2. The number of anilines is 2. The zero-order chi connectivity index (χ0) is 21.1. The maximum atomic E-state index is 12.9. The van der Waals surface area contributed by atoms with E-state index in [1.807, 2.05) is 0 Å². The summed E-state index contributed by atoms with van der Waals surface area (Å²) in [6.07, 6.45) is 1.54. The number of nitrogens with one attached hydrogen (secondary N) is 2. The van der Waals surface area contributed by atoms with Crippen molar-refractivity contribution < 1.29 is 19.1 Å². The summed E-state index contributed by atoms with van der Waals surface area (Å²) in [6, 6.07) is 1.43. The predicted molar refractivity (Wildman–Crippen MR) is 107 cm³/mol. The molecule has 152 valence electrons. The fraction of sp³-hybridized carbons (Fsp3) is 0.474. The van der Waals surface area contributed by atoms with Crippen LogP contribution in [0, 0.1) is 0 Å². The maximum Gasteiger partial charge on any atom is 0.343 e. The van der Waals surface area contributed by atoms with Gasteiger partial charge < -0.3 is 20.1 Å². The lowest BCUT2D eigenvalue weighted by atomic mass is 10.1. The Kier molecular flexibility index (Phi) is 6.27. The first-order chi connectivity index (χ1) is 13.1. The minimum atomic E-state index is -0.760. The summed E-state index contributed by atoms with van der Waals surface area (Å²) in [6.45, 7) is 6.59. The van der Waals surface area contributed by atoms with E-state index < -0.39 is 23.1 Å². The highest BCUT2D eigenvalue weighted by Crippen LogP contribution is 2.29. The maximum absolute atomic E-state index is 12.9. The van der Waals surface area contributed by atoms with Gasteiger partial charge in [-0.25, -0.2) is 9.78 Å². The standard InChI is InChI=1S/C19H26N4O5/c1-7-27-18(26)12-8-11-15(21-6)13(20-5)9-22-16(11)23(17(12)25)10-14(24)28-19(2,3)4/h8-9,20H,7,10H2,1-6H3,(H,21,22). The van der Waals surface area contributed by atoms with E-state index in [0.717, 1.165) is 4.57 Å². The van der Waals surface area contributed by atoms with Gasteiger partial charge in [0, 0.05) is 19.5 Å². The highest BCUT2D eigenvalue weighted by atomic mass is 16.6. The summed E-state index contributed by atoms with van der Waals surface area (Å²) < 4.78 is 11.5. The number of nitrogens with zero attached hydrogens (tertiary/aromatic N) is 2. The van der Waals surface area contributed by atoms with Gasteiger partial charge in [0.1, 0.15) is 23.4 Å². The third-order valence-electron chi connectivity index (χ3n) is 3.84. The Bertz CT molecular complexity index is 959. The Balaban J connectivity index is 2.75. The van der Waals surface area contributed by atoms with Crippen molar-refractivity contribution in [3.63, 3.8) is 0 Å². The average molecular weight is 390 g/mol. The van der Waals surface area contributed by atoms with Gasteiger partial charge in [-0.15, -0.1) is 0 Å². The molecule has 0 radical (unpaired) electrons. The third kappa shape index (κ3) is 4.41. The van der Waals surface area contributed by atoms with E-state index in [9.17, 15) is 14.4 Å². The number of hydrogen-bond donors (Lipinski definition) is 2. The van der Waals surface area contributed by atoms with Crippen LogP contribution in [-0.2, 0) is 20.8 Å². The Labute approximate surface area is 163 Å². The van der Waals surface area contributed by atoms with Crippen LogP contribution >= 0.6 is 0 Å². The van der Waals surface area contributed by atoms with Gasteiger partial charge in [0.05, 0.1) is 24.2 Å². The van der Waals surface area contributed by atoms with E-state index >= 15 is 0 Å². The Hall–Kier alpha value is -3.10. The fourth-order valence-electron chi connectivity index (χ4n) is 2.78. The van der Waals surface area contributed by atoms with Crippen molar-refractivity contribution in [1.82, 2.24) is 9.55 Å². The molecule has 0 saturated carbocycles. The van der Waals surface area contributed by atoms with Crippen LogP contribution in [-0.4, -0.2) is 47.8 Å². The van der Waals surface area contributed by atoms with Gasteiger partial charge >= 0.3 is 11.9 Å². The molecular formula is C19H26N4O5. The SMILES string of the molecule is CCOC(=O)c1cc2c(NC)c(NC)cnc2n(CC(=O)OC(C)(C)C)c1=O. The monoisotopic (exact) mass is 390 g/mol. The second-order valence-electron chi connectivity index (χ2n) is 7.04. The molecule has 2 N–H and O–H groups in total. The summed E-state index contributed by atoms with van der Waals surface area (Å²) in [5.41, 5.74) is 0.0153. The molecule has 0 amide bonds. The number of ether oxygens (including phenoxy) is 2. The molecule has 9 heteroatoms. The molecule has 0 fully saturated rings. The number of rotatable bonds is 6. The fourth-order valence-corrected chi connectivity index (χ4v) is 2.78. The van der Waals surface area contributed by atoms with Crippen molar-refractivity contribution in [3.8, 4) is 0 Å². The summed E-state index contributed by atoms with van der Waals surface area (Å²) in [5, 5.41) is 6.54. The van der Waals surface area contributed by atoms with Crippen LogP contribution in [0.5, 0.6) is 0 Å². The van der Waals surface area contributed by atoms with Gasteiger partial charge in [0.25, 0.3) is 5.56 Å². The van der Waals surface area contributed by atoms with Crippen molar-refractivity contribution in [3.05, 3.63) is 28.2 Å². The van der Waals surface area contributed by atoms with Gasteiger partial charge in [0.15, 0.2) is 0 Å². The van der Waals surface area contributed by atoms with Crippen LogP contribution in [0.25, 0.3) is 11.0 Å². The molecule has 0 aromatic carbocycles. The highest BCUT2D eigenvalue weighted by molar-refractivity contribution is 6.01. The number of pyridine rings is 2. The number of hydrogen-bond acceptors (Lipinski definition) is 8. The van der Waals surface area contributed by atoms with E-state index in [2.05, 4.69) is 15.6 Å². The molecule has 0 aliphatic carbocycles. The third-order valence-corrected chi connectivity index (χ3v) is 3.84. The minimum Gasteiger partial charge on any atom is -0.462 e. The molecule has 0 aliphatic rings. The van der Waals surface area contributed by atoms with Crippen molar-refractivity contribution in [1.29, 1.82) is 0 Å².